The molecule has 1 unspecified atom stereocenters. The second-order valence-corrected chi connectivity index (χ2v) is 9.88. The van der Waals surface area contributed by atoms with E-state index in [0.29, 0.717) is 17.8 Å². The van der Waals surface area contributed by atoms with Gasteiger partial charge in [0.1, 0.15) is 10.6 Å². The van der Waals surface area contributed by atoms with E-state index in [1.54, 1.807) is 38.4 Å². The molecular weight excluding hydrogens is 430 g/mol. The van der Waals surface area contributed by atoms with Gasteiger partial charge in [-0.25, -0.2) is 8.42 Å². The minimum Gasteiger partial charge on any atom is -0.495 e. The van der Waals surface area contributed by atoms with E-state index in [9.17, 15) is 18.0 Å². The van der Waals surface area contributed by atoms with E-state index >= 15 is 0 Å². The molecule has 2 aromatic rings. The van der Waals surface area contributed by atoms with Gasteiger partial charge in [0.15, 0.2) is 0 Å². The molecule has 0 bridgehead atoms. The lowest BCUT2D eigenvalue weighted by atomic mass is 10.1. The SMILES string of the molecule is COc1ccc(C(=O)Nc2ccccc2C(=O)N(C)C)cc1S(=O)(=O)N1CCCCC1C. The summed E-state index contributed by atoms with van der Waals surface area (Å²) >= 11 is 0. The van der Waals surface area contributed by atoms with Gasteiger partial charge in [-0.15, -0.1) is 0 Å². The molecule has 9 heteroatoms. The minimum absolute atomic E-state index is 0.0425. The second kappa shape index (κ2) is 9.70. The molecule has 172 valence electrons. The normalized spacial score (nSPS) is 16.9. The van der Waals surface area contributed by atoms with Crippen LogP contribution < -0.4 is 10.1 Å². The van der Waals surface area contributed by atoms with Crippen molar-refractivity contribution in [2.45, 2.75) is 37.1 Å². The van der Waals surface area contributed by atoms with Crippen molar-refractivity contribution in [3.63, 3.8) is 0 Å². The van der Waals surface area contributed by atoms with E-state index in [0.717, 1.165) is 19.3 Å². The van der Waals surface area contributed by atoms with Gasteiger partial charge in [-0.3, -0.25) is 9.59 Å². The number of ether oxygens (including phenoxy) is 1. The summed E-state index contributed by atoms with van der Waals surface area (Å²) in [5.74, 6) is -0.588. The van der Waals surface area contributed by atoms with E-state index in [2.05, 4.69) is 5.32 Å². The first kappa shape index (κ1) is 23.7. The Bertz CT molecular complexity index is 1110. The molecular formula is C23H29N3O5S. The summed E-state index contributed by atoms with van der Waals surface area (Å²) in [6, 6.07) is 10.9. The topological polar surface area (TPSA) is 96.0 Å². The van der Waals surface area contributed by atoms with Crippen LogP contribution in [0.3, 0.4) is 0 Å². The van der Waals surface area contributed by atoms with Crippen LogP contribution in [0.2, 0.25) is 0 Å². The molecule has 1 N–H and O–H groups in total. The van der Waals surface area contributed by atoms with Crippen molar-refractivity contribution >= 4 is 27.5 Å². The Morgan fingerprint density at radius 3 is 2.50 bits per heavy atom. The Balaban J connectivity index is 1.96. The fourth-order valence-electron chi connectivity index (χ4n) is 3.79. The maximum Gasteiger partial charge on any atom is 0.255 e. The fraction of sp³-hybridized carbons (Fsp3) is 0.391. The van der Waals surface area contributed by atoms with Crippen LogP contribution in [-0.4, -0.2) is 63.2 Å². The molecule has 1 fully saturated rings. The van der Waals surface area contributed by atoms with E-state index in [1.807, 2.05) is 6.92 Å². The molecule has 1 atom stereocenters. The molecule has 0 saturated carbocycles. The number of rotatable bonds is 6. The van der Waals surface area contributed by atoms with Crippen molar-refractivity contribution in [1.29, 1.82) is 0 Å². The number of benzene rings is 2. The van der Waals surface area contributed by atoms with Crippen LogP contribution in [0.1, 0.15) is 46.9 Å². The molecule has 1 aliphatic rings. The Morgan fingerprint density at radius 2 is 1.84 bits per heavy atom. The molecule has 32 heavy (non-hydrogen) atoms. The van der Waals surface area contributed by atoms with Crippen LogP contribution in [0.4, 0.5) is 5.69 Å². The maximum absolute atomic E-state index is 13.4. The summed E-state index contributed by atoms with van der Waals surface area (Å²) < 4.78 is 33.6. The van der Waals surface area contributed by atoms with Gasteiger partial charge in [-0.2, -0.15) is 4.31 Å². The van der Waals surface area contributed by atoms with Gasteiger partial charge in [0.25, 0.3) is 11.8 Å². The number of para-hydroxylation sites is 1. The number of carbonyl (C=O) groups excluding carboxylic acids is 2. The molecule has 0 spiro atoms. The highest BCUT2D eigenvalue weighted by Gasteiger charge is 2.33. The molecule has 2 aromatic carbocycles. The third-order valence-corrected chi connectivity index (χ3v) is 7.60. The molecule has 1 heterocycles. The average Bonchev–Trinajstić information content (AvgIpc) is 2.78. The van der Waals surface area contributed by atoms with Crippen LogP contribution in [0.15, 0.2) is 47.4 Å². The number of piperidine rings is 1. The first-order valence-electron chi connectivity index (χ1n) is 10.5. The van der Waals surface area contributed by atoms with Crippen molar-refractivity contribution in [3.8, 4) is 5.75 Å². The molecule has 1 aliphatic heterocycles. The van der Waals surface area contributed by atoms with Crippen LogP contribution in [-0.2, 0) is 10.0 Å². The number of nitrogens with one attached hydrogen (secondary N) is 1. The van der Waals surface area contributed by atoms with Gasteiger partial charge in [-0.1, -0.05) is 18.6 Å². The predicted molar refractivity (Wildman–Crippen MR) is 123 cm³/mol. The highest BCUT2D eigenvalue weighted by Crippen LogP contribution is 2.32. The summed E-state index contributed by atoms with van der Waals surface area (Å²) in [6.07, 6.45) is 2.57. The van der Waals surface area contributed by atoms with Crippen molar-refractivity contribution in [2.75, 3.05) is 33.1 Å². The van der Waals surface area contributed by atoms with Crippen LogP contribution in [0.5, 0.6) is 5.75 Å². The van der Waals surface area contributed by atoms with Crippen molar-refractivity contribution < 1.29 is 22.7 Å². The van der Waals surface area contributed by atoms with Gasteiger partial charge in [0.2, 0.25) is 10.0 Å². The summed E-state index contributed by atoms with van der Waals surface area (Å²) in [5.41, 5.74) is 0.844. The van der Waals surface area contributed by atoms with Gasteiger partial charge in [0.05, 0.1) is 18.4 Å². The lowest BCUT2D eigenvalue weighted by Gasteiger charge is -2.32. The lowest BCUT2D eigenvalue weighted by Crippen LogP contribution is -2.42. The van der Waals surface area contributed by atoms with E-state index in [-0.39, 0.29) is 28.2 Å². The number of amides is 2. The summed E-state index contributed by atoms with van der Waals surface area (Å²) in [5, 5.41) is 2.73. The molecule has 2 amide bonds. The Morgan fingerprint density at radius 1 is 1.12 bits per heavy atom. The zero-order valence-corrected chi connectivity index (χ0v) is 19.6. The zero-order chi connectivity index (χ0) is 23.5. The first-order valence-corrected chi connectivity index (χ1v) is 11.9. The van der Waals surface area contributed by atoms with Crippen LogP contribution in [0.25, 0.3) is 0 Å². The minimum atomic E-state index is -3.85. The Kier molecular flexibility index (Phi) is 7.20. The summed E-state index contributed by atoms with van der Waals surface area (Å²) in [7, 11) is 0.808. The van der Waals surface area contributed by atoms with Crippen molar-refractivity contribution in [1.82, 2.24) is 9.21 Å². The highest BCUT2D eigenvalue weighted by molar-refractivity contribution is 7.89. The number of hydrogen-bond donors (Lipinski definition) is 1. The Labute approximate surface area is 189 Å². The van der Waals surface area contributed by atoms with E-state index in [4.69, 9.17) is 4.74 Å². The molecule has 0 aromatic heterocycles. The van der Waals surface area contributed by atoms with Crippen LogP contribution in [0, 0.1) is 0 Å². The van der Waals surface area contributed by atoms with Gasteiger partial charge < -0.3 is 15.0 Å². The zero-order valence-electron chi connectivity index (χ0n) is 18.8. The van der Waals surface area contributed by atoms with Gasteiger partial charge >= 0.3 is 0 Å². The molecule has 0 aliphatic carbocycles. The summed E-state index contributed by atoms with van der Waals surface area (Å²) in [4.78, 5) is 26.8. The van der Waals surface area contributed by atoms with Gasteiger partial charge in [0, 0.05) is 32.2 Å². The third-order valence-electron chi connectivity index (χ3n) is 5.57. The molecule has 0 radical (unpaired) electrons. The second-order valence-electron chi connectivity index (χ2n) is 8.03. The number of sulfonamides is 1. The maximum atomic E-state index is 13.4. The van der Waals surface area contributed by atoms with Crippen LogP contribution >= 0.6 is 0 Å². The number of carbonyl (C=O) groups is 2. The van der Waals surface area contributed by atoms with Crippen molar-refractivity contribution in [2.24, 2.45) is 0 Å². The first-order chi connectivity index (χ1) is 15.2. The third kappa shape index (κ3) is 4.78. The average molecular weight is 460 g/mol. The molecule has 1 saturated heterocycles. The smallest absolute Gasteiger partial charge is 0.255 e. The highest BCUT2D eigenvalue weighted by atomic mass is 32.2. The quantitative estimate of drug-likeness (QED) is 0.716. The van der Waals surface area contributed by atoms with E-state index < -0.39 is 15.9 Å². The lowest BCUT2D eigenvalue weighted by molar-refractivity contribution is 0.0828. The largest absolute Gasteiger partial charge is 0.495 e. The summed E-state index contributed by atoms with van der Waals surface area (Å²) in [6.45, 7) is 2.32. The number of nitrogens with zero attached hydrogens (tertiary/aromatic N) is 2. The predicted octanol–water partition coefficient (Wildman–Crippen LogP) is 3.21. The monoisotopic (exact) mass is 459 g/mol. The molecule has 3 rings (SSSR count). The number of hydrogen-bond acceptors (Lipinski definition) is 5. The number of methoxy groups -OCH3 is 1. The fourth-order valence-corrected chi connectivity index (χ4v) is 5.67. The number of anilines is 1. The van der Waals surface area contributed by atoms with Gasteiger partial charge in [-0.05, 0) is 50.1 Å². The standard InChI is InChI=1S/C23H29N3O5S/c1-16-9-7-8-14-26(16)32(29,30)21-15-17(12-13-20(21)31-4)22(27)24-19-11-6-5-10-18(19)23(28)25(2)3/h5-6,10-13,15-16H,7-9,14H2,1-4H3,(H,24,27). The van der Waals surface area contributed by atoms with E-state index in [1.165, 1.54) is 34.5 Å². The van der Waals surface area contributed by atoms with Crippen molar-refractivity contribution in [3.05, 3.63) is 53.6 Å². The molecule has 8 nitrogen and oxygen atoms in total. The Hall–Kier alpha value is -2.91.